The second-order valence-electron chi connectivity index (χ2n) is 6.74. The van der Waals surface area contributed by atoms with Crippen LogP contribution in [0, 0.1) is 5.82 Å². The van der Waals surface area contributed by atoms with E-state index in [2.05, 4.69) is 19.7 Å². The van der Waals surface area contributed by atoms with Crippen molar-refractivity contribution in [2.45, 2.75) is 25.7 Å². The maximum absolute atomic E-state index is 13.2. The quantitative estimate of drug-likeness (QED) is 0.609. The summed E-state index contributed by atoms with van der Waals surface area (Å²) in [5, 5.41) is 0. The predicted octanol–water partition coefficient (Wildman–Crippen LogP) is 3.74. The highest BCUT2D eigenvalue weighted by Gasteiger charge is 2.12. The molecule has 0 fully saturated rings. The van der Waals surface area contributed by atoms with E-state index in [1.165, 1.54) is 12.1 Å². The summed E-state index contributed by atoms with van der Waals surface area (Å²) in [6.07, 6.45) is 6.97. The van der Waals surface area contributed by atoms with Gasteiger partial charge in [0.15, 0.2) is 0 Å². The van der Waals surface area contributed by atoms with Crippen molar-refractivity contribution in [1.82, 2.24) is 15.0 Å². The third-order valence-electron chi connectivity index (χ3n) is 4.17. The fourth-order valence-corrected chi connectivity index (χ4v) is 3.49. The zero-order chi connectivity index (χ0) is 20.1. The van der Waals surface area contributed by atoms with Crippen molar-refractivity contribution in [2.24, 2.45) is 0 Å². The number of nitrogens with zero attached hydrogens (tertiary/aromatic N) is 3. The summed E-state index contributed by atoms with van der Waals surface area (Å²) in [4.78, 5) is 13.0. The number of hydrogen-bond donors (Lipinski definition) is 1. The van der Waals surface area contributed by atoms with E-state index in [9.17, 15) is 12.8 Å². The smallest absolute Gasteiger partial charge is 0.229 e. The number of aromatic nitrogens is 3. The molecule has 0 spiro atoms. The molecule has 3 rings (SSSR count). The Bertz CT molecular complexity index is 1050. The first-order chi connectivity index (χ1) is 13.3. The Labute approximate surface area is 176 Å². The molecule has 9 heteroatoms. The molecule has 0 aliphatic rings. The molecule has 3 aromatic rings. The minimum atomic E-state index is -3.42. The summed E-state index contributed by atoms with van der Waals surface area (Å²) >= 11 is 0. The maximum Gasteiger partial charge on any atom is 0.229 e. The molecule has 0 aliphatic carbocycles. The van der Waals surface area contributed by atoms with Gasteiger partial charge >= 0.3 is 0 Å². The molecule has 154 valence electrons. The molecule has 0 aliphatic heterocycles. The van der Waals surface area contributed by atoms with E-state index in [1.807, 2.05) is 6.92 Å². The van der Waals surface area contributed by atoms with Crippen molar-refractivity contribution in [1.29, 1.82) is 0 Å². The van der Waals surface area contributed by atoms with Gasteiger partial charge in [0.2, 0.25) is 10.0 Å². The number of pyridine rings is 1. The van der Waals surface area contributed by atoms with Gasteiger partial charge in [-0.1, -0.05) is 19.1 Å². The van der Waals surface area contributed by atoms with Crippen LogP contribution in [0.3, 0.4) is 0 Å². The Hall–Kier alpha value is -2.58. The van der Waals surface area contributed by atoms with E-state index in [0.29, 0.717) is 24.2 Å². The second-order valence-corrected chi connectivity index (χ2v) is 8.49. The predicted molar refractivity (Wildman–Crippen MR) is 113 cm³/mol. The third-order valence-corrected chi connectivity index (χ3v) is 4.77. The summed E-state index contributed by atoms with van der Waals surface area (Å²) in [5.74, 6) is -0.189. The van der Waals surface area contributed by atoms with E-state index in [1.54, 1.807) is 42.9 Å². The Kier molecular flexibility index (Phi) is 7.64. The molecule has 2 heterocycles. The van der Waals surface area contributed by atoms with Gasteiger partial charge in [0.05, 0.1) is 17.6 Å². The van der Waals surface area contributed by atoms with Crippen molar-refractivity contribution in [3.05, 3.63) is 83.5 Å². The van der Waals surface area contributed by atoms with E-state index >= 15 is 0 Å². The standard InChI is InChI=1S/C20H21FN4O2S.ClH/c1-14(15-3-5-16(21)6-4-15)9-17-10-19(25-28(2,26)27)11-18(24-17)12-20-13-22-7-8-23-20;/h3-8,10-11,13-14H,9,12H2,1-2H3,(H,24,25);1H/t14-;/m1./s1. The minimum absolute atomic E-state index is 0. The van der Waals surface area contributed by atoms with Crippen LogP contribution in [0.1, 0.15) is 35.5 Å². The van der Waals surface area contributed by atoms with Gasteiger partial charge in [-0.15, -0.1) is 12.4 Å². The van der Waals surface area contributed by atoms with Gasteiger partial charge < -0.3 is 0 Å². The lowest BCUT2D eigenvalue weighted by Gasteiger charge is -2.14. The zero-order valence-electron chi connectivity index (χ0n) is 16.0. The van der Waals surface area contributed by atoms with Gasteiger partial charge in [-0.2, -0.15) is 0 Å². The summed E-state index contributed by atoms with van der Waals surface area (Å²) in [5.41, 5.74) is 3.61. The van der Waals surface area contributed by atoms with Crippen molar-refractivity contribution in [2.75, 3.05) is 11.0 Å². The fraction of sp³-hybridized carbons (Fsp3) is 0.250. The van der Waals surface area contributed by atoms with Crippen molar-refractivity contribution in [3.8, 4) is 0 Å². The molecule has 1 atom stereocenters. The highest BCUT2D eigenvalue weighted by molar-refractivity contribution is 7.92. The van der Waals surface area contributed by atoms with Gasteiger partial charge in [0.25, 0.3) is 0 Å². The van der Waals surface area contributed by atoms with Gasteiger partial charge in [-0.05, 0) is 42.2 Å². The second kappa shape index (κ2) is 9.76. The number of benzene rings is 1. The maximum atomic E-state index is 13.2. The van der Waals surface area contributed by atoms with Gasteiger partial charge in [0.1, 0.15) is 5.82 Å². The van der Waals surface area contributed by atoms with Crippen LogP contribution < -0.4 is 4.72 Å². The van der Waals surface area contributed by atoms with Crippen LogP contribution in [0.2, 0.25) is 0 Å². The average molecular weight is 437 g/mol. The van der Waals surface area contributed by atoms with Crippen LogP contribution in [0.15, 0.2) is 55.0 Å². The zero-order valence-corrected chi connectivity index (χ0v) is 17.7. The third kappa shape index (κ3) is 7.07. The first-order valence-electron chi connectivity index (χ1n) is 8.76. The molecule has 0 saturated carbocycles. The lowest BCUT2D eigenvalue weighted by Crippen LogP contribution is -2.12. The summed E-state index contributed by atoms with van der Waals surface area (Å²) in [7, 11) is -3.42. The molecule has 0 bridgehead atoms. The number of halogens is 2. The SMILES string of the molecule is C[C@H](Cc1cc(NS(C)(=O)=O)cc(Cc2cnccn2)n1)c1ccc(F)cc1.Cl. The Morgan fingerprint density at radius 3 is 2.38 bits per heavy atom. The first kappa shape index (κ1) is 22.7. The van der Waals surface area contributed by atoms with E-state index in [-0.39, 0.29) is 24.1 Å². The fourth-order valence-electron chi connectivity index (χ4n) is 2.95. The summed E-state index contributed by atoms with van der Waals surface area (Å²) in [6, 6.07) is 9.78. The van der Waals surface area contributed by atoms with E-state index in [0.717, 1.165) is 23.2 Å². The molecule has 2 aromatic heterocycles. The van der Waals surface area contributed by atoms with Crippen molar-refractivity contribution in [3.63, 3.8) is 0 Å². The Morgan fingerprint density at radius 1 is 1.07 bits per heavy atom. The van der Waals surface area contributed by atoms with Crippen LogP contribution >= 0.6 is 12.4 Å². The molecule has 1 aromatic carbocycles. The van der Waals surface area contributed by atoms with Crippen LogP contribution in [0.5, 0.6) is 0 Å². The minimum Gasteiger partial charge on any atom is -0.284 e. The molecule has 0 amide bonds. The number of sulfonamides is 1. The largest absolute Gasteiger partial charge is 0.284 e. The number of hydrogen-bond acceptors (Lipinski definition) is 5. The Balaban J connectivity index is 0.00000300. The van der Waals surface area contributed by atoms with Crippen molar-refractivity contribution < 1.29 is 12.8 Å². The number of anilines is 1. The topological polar surface area (TPSA) is 84.8 Å². The van der Waals surface area contributed by atoms with Crippen LogP contribution in [0.25, 0.3) is 0 Å². The summed E-state index contributed by atoms with van der Waals surface area (Å²) < 4.78 is 39.0. The van der Waals surface area contributed by atoms with Crippen LogP contribution in [-0.2, 0) is 22.9 Å². The van der Waals surface area contributed by atoms with Gasteiger partial charge in [0, 0.05) is 36.4 Å². The molecule has 29 heavy (non-hydrogen) atoms. The monoisotopic (exact) mass is 436 g/mol. The lowest BCUT2D eigenvalue weighted by molar-refractivity contribution is 0.607. The van der Waals surface area contributed by atoms with Crippen molar-refractivity contribution >= 4 is 28.1 Å². The summed E-state index contributed by atoms with van der Waals surface area (Å²) in [6.45, 7) is 2.02. The molecule has 1 N–H and O–H groups in total. The molecule has 0 radical (unpaired) electrons. The molecule has 6 nitrogen and oxygen atoms in total. The molecule has 0 unspecified atom stereocenters. The lowest BCUT2D eigenvalue weighted by atomic mass is 9.95. The van der Waals surface area contributed by atoms with Gasteiger partial charge in [-0.3, -0.25) is 19.7 Å². The molecular weight excluding hydrogens is 415 g/mol. The molecule has 0 saturated heterocycles. The van der Waals surface area contributed by atoms with Crippen LogP contribution in [0.4, 0.5) is 10.1 Å². The first-order valence-corrected chi connectivity index (χ1v) is 10.7. The van der Waals surface area contributed by atoms with E-state index in [4.69, 9.17) is 0 Å². The Morgan fingerprint density at radius 2 is 1.76 bits per heavy atom. The molecular formula is C20H22ClFN4O2S. The highest BCUT2D eigenvalue weighted by atomic mass is 35.5. The average Bonchev–Trinajstić information content (AvgIpc) is 2.61. The number of nitrogens with one attached hydrogen (secondary N) is 1. The van der Waals surface area contributed by atoms with E-state index < -0.39 is 10.0 Å². The van der Waals surface area contributed by atoms with Gasteiger partial charge in [-0.25, -0.2) is 12.8 Å². The van der Waals surface area contributed by atoms with Crippen LogP contribution in [-0.4, -0.2) is 29.6 Å². The number of rotatable bonds is 7. The normalized spacial score (nSPS) is 12.1. The highest BCUT2D eigenvalue weighted by Crippen LogP contribution is 2.23.